The summed E-state index contributed by atoms with van der Waals surface area (Å²) in [6.07, 6.45) is 1.01. The number of hydrogen-bond acceptors (Lipinski definition) is 2. The molecular weight excluding hydrogens is 260 g/mol. The number of methoxy groups -OCH3 is 1. The molecule has 1 unspecified atom stereocenters. The Labute approximate surface area is 127 Å². The Morgan fingerprint density at radius 1 is 1.00 bits per heavy atom. The minimum absolute atomic E-state index is 0.238. The molecule has 0 saturated carbocycles. The third-order valence-electron chi connectivity index (χ3n) is 3.65. The van der Waals surface area contributed by atoms with Crippen LogP contribution in [0, 0.1) is 5.92 Å². The molecule has 112 valence electrons. The second kappa shape index (κ2) is 6.88. The summed E-state index contributed by atoms with van der Waals surface area (Å²) in [7, 11) is 1.62. The molecule has 0 saturated heterocycles. The Kier molecular flexibility index (Phi) is 5.16. The second-order valence-electron chi connectivity index (χ2n) is 5.96. The molecule has 1 atom stereocenters. The van der Waals surface area contributed by atoms with E-state index in [0.29, 0.717) is 5.92 Å². The first kappa shape index (κ1) is 15.7. The van der Waals surface area contributed by atoms with E-state index in [0.717, 1.165) is 17.5 Å². The van der Waals surface area contributed by atoms with E-state index in [4.69, 9.17) is 4.74 Å². The fraction of sp³-hybridized carbons (Fsp3) is 0.368. The molecule has 21 heavy (non-hydrogen) atoms. The lowest BCUT2D eigenvalue weighted by Gasteiger charge is -2.29. The molecule has 0 bridgehead atoms. The van der Waals surface area contributed by atoms with E-state index >= 15 is 0 Å². The lowest BCUT2D eigenvalue weighted by atomic mass is 9.85. The predicted molar refractivity (Wildman–Crippen MR) is 86.3 cm³/mol. The minimum Gasteiger partial charge on any atom is -0.381 e. The van der Waals surface area contributed by atoms with Crippen LogP contribution in [0.15, 0.2) is 54.6 Å². The second-order valence-corrected chi connectivity index (χ2v) is 5.96. The van der Waals surface area contributed by atoms with Gasteiger partial charge in [0.15, 0.2) is 0 Å². The van der Waals surface area contributed by atoms with Gasteiger partial charge in [-0.25, -0.2) is 0 Å². The highest BCUT2D eigenvalue weighted by molar-refractivity contribution is 5.38. The molecule has 0 aliphatic rings. The van der Waals surface area contributed by atoms with Gasteiger partial charge in [0.05, 0.1) is 6.61 Å². The summed E-state index contributed by atoms with van der Waals surface area (Å²) in [5.74, 6) is 0.590. The van der Waals surface area contributed by atoms with Crippen LogP contribution < -0.4 is 0 Å². The molecule has 1 N–H and O–H groups in total. The van der Waals surface area contributed by atoms with E-state index in [1.807, 2.05) is 42.5 Å². The summed E-state index contributed by atoms with van der Waals surface area (Å²) in [6.45, 7) is 4.64. The van der Waals surface area contributed by atoms with Gasteiger partial charge in [-0.1, -0.05) is 68.4 Å². The molecule has 2 aromatic rings. The van der Waals surface area contributed by atoms with E-state index in [-0.39, 0.29) is 6.61 Å². The Bertz CT molecular complexity index is 563. The molecule has 0 radical (unpaired) electrons. The van der Waals surface area contributed by atoms with Gasteiger partial charge >= 0.3 is 0 Å². The smallest absolute Gasteiger partial charge is 0.138 e. The van der Waals surface area contributed by atoms with Crippen molar-refractivity contribution in [2.45, 2.75) is 25.9 Å². The van der Waals surface area contributed by atoms with Gasteiger partial charge in [-0.3, -0.25) is 0 Å². The zero-order chi connectivity index (χ0) is 15.3. The zero-order valence-corrected chi connectivity index (χ0v) is 13.0. The maximum Gasteiger partial charge on any atom is 0.138 e. The molecule has 0 spiro atoms. The van der Waals surface area contributed by atoms with Crippen molar-refractivity contribution >= 4 is 0 Å². The van der Waals surface area contributed by atoms with Crippen LogP contribution in [0.5, 0.6) is 0 Å². The van der Waals surface area contributed by atoms with E-state index < -0.39 is 5.60 Å². The zero-order valence-electron chi connectivity index (χ0n) is 13.0. The molecule has 2 aromatic carbocycles. The number of hydrogen-bond donors (Lipinski definition) is 1. The number of ether oxygens (including phenoxy) is 1. The SMILES string of the molecule is COCC(O)(c1ccccc1)c1cccc(CC(C)C)c1. The van der Waals surface area contributed by atoms with Crippen LogP contribution in [0.2, 0.25) is 0 Å². The van der Waals surface area contributed by atoms with Crippen molar-refractivity contribution < 1.29 is 9.84 Å². The van der Waals surface area contributed by atoms with Crippen molar-refractivity contribution in [2.75, 3.05) is 13.7 Å². The lowest BCUT2D eigenvalue weighted by molar-refractivity contribution is -0.00333. The first-order valence-electron chi connectivity index (χ1n) is 7.42. The standard InChI is InChI=1S/C19H24O2/c1-15(2)12-16-8-7-11-18(13-16)19(20,14-21-3)17-9-5-4-6-10-17/h4-11,13,15,20H,12,14H2,1-3H3. The van der Waals surface area contributed by atoms with Gasteiger partial charge in [-0.15, -0.1) is 0 Å². The third kappa shape index (κ3) is 3.72. The monoisotopic (exact) mass is 284 g/mol. The van der Waals surface area contributed by atoms with Gasteiger partial charge in [0.1, 0.15) is 5.60 Å². The highest BCUT2D eigenvalue weighted by Crippen LogP contribution is 2.30. The van der Waals surface area contributed by atoms with Gasteiger partial charge in [-0.05, 0) is 29.0 Å². The van der Waals surface area contributed by atoms with E-state index in [2.05, 4.69) is 26.0 Å². The lowest BCUT2D eigenvalue weighted by Crippen LogP contribution is -2.32. The van der Waals surface area contributed by atoms with Crippen molar-refractivity contribution in [3.05, 3.63) is 71.3 Å². The van der Waals surface area contributed by atoms with Gasteiger partial charge in [0.2, 0.25) is 0 Å². The Balaban J connectivity index is 2.43. The summed E-state index contributed by atoms with van der Waals surface area (Å²) in [6, 6.07) is 17.9. The van der Waals surface area contributed by atoms with Crippen molar-refractivity contribution in [1.29, 1.82) is 0 Å². The molecule has 2 heteroatoms. The number of rotatable bonds is 6. The molecule has 0 aromatic heterocycles. The average Bonchev–Trinajstić information content (AvgIpc) is 2.48. The molecule has 0 aliphatic heterocycles. The largest absolute Gasteiger partial charge is 0.381 e. The maximum absolute atomic E-state index is 11.2. The molecule has 0 fully saturated rings. The average molecular weight is 284 g/mol. The fourth-order valence-corrected chi connectivity index (χ4v) is 2.68. The quantitative estimate of drug-likeness (QED) is 0.875. The Hall–Kier alpha value is -1.64. The number of benzene rings is 2. The number of aliphatic hydroxyl groups is 1. The van der Waals surface area contributed by atoms with Crippen molar-refractivity contribution in [3.63, 3.8) is 0 Å². The highest BCUT2D eigenvalue weighted by atomic mass is 16.5. The van der Waals surface area contributed by atoms with Crippen LogP contribution in [0.25, 0.3) is 0 Å². The van der Waals surface area contributed by atoms with Crippen LogP contribution in [0.1, 0.15) is 30.5 Å². The molecular formula is C19H24O2. The van der Waals surface area contributed by atoms with Gasteiger partial charge in [0.25, 0.3) is 0 Å². The molecule has 0 heterocycles. The van der Waals surface area contributed by atoms with Gasteiger partial charge in [0, 0.05) is 7.11 Å². The van der Waals surface area contributed by atoms with Crippen LogP contribution in [-0.4, -0.2) is 18.8 Å². The maximum atomic E-state index is 11.2. The van der Waals surface area contributed by atoms with E-state index in [1.165, 1.54) is 5.56 Å². The predicted octanol–water partition coefficient (Wildman–Crippen LogP) is 3.77. The van der Waals surface area contributed by atoms with Crippen molar-refractivity contribution in [1.82, 2.24) is 0 Å². The van der Waals surface area contributed by atoms with Crippen LogP contribution >= 0.6 is 0 Å². The Morgan fingerprint density at radius 2 is 1.67 bits per heavy atom. The van der Waals surface area contributed by atoms with Gasteiger partial charge < -0.3 is 9.84 Å². The summed E-state index contributed by atoms with van der Waals surface area (Å²) < 4.78 is 5.29. The normalized spacial score (nSPS) is 14.1. The summed E-state index contributed by atoms with van der Waals surface area (Å²) in [5.41, 5.74) is 1.87. The topological polar surface area (TPSA) is 29.5 Å². The van der Waals surface area contributed by atoms with Crippen molar-refractivity contribution in [3.8, 4) is 0 Å². The first-order chi connectivity index (χ1) is 10.1. The molecule has 2 nitrogen and oxygen atoms in total. The molecule has 0 aliphatic carbocycles. The van der Waals surface area contributed by atoms with Crippen LogP contribution in [-0.2, 0) is 16.8 Å². The first-order valence-corrected chi connectivity index (χ1v) is 7.42. The molecule has 2 rings (SSSR count). The van der Waals surface area contributed by atoms with Crippen LogP contribution in [0.3, 0.4) is 0 Å². The summed E-state index contributed by atoms with van der Waals surface area (Å²) in [4.78, 5) is 0. The minimum atomic E-state index is -1.11. The highest BCUT2D eigenvalue weighted by Gasteiger charge is 2.31. The van der Waals surface area contributed by atoms with Crippen LogP contribution in [0.4, 0.5) is 0 Å². The van der Waals surface area contributed by atoms with Crippen molar-refractivity contribution in [2.24, 2.45) is 5.92 Å². The third-order valence-corrected chi connectivity index (χ3v) is 3.65. The Morgan fingerprint density at radius 3 is 2.29 bits per heavy atom. The van der Waals surface area contributed by atoms with E-state index in [1.54, 1.807) is 7.11 Å². The fourth-order valence-electron chi connectivity index (χ4n) is 2.68. The summed E-state index contributed by atoms with van der Waals surface area (Å²) >= 11 is 0. The summed E-state index contributed by atoms with van der Waals surface area (Å²) in [5, 5.41) is 11.2. The molecule has 0 amide bonds. The van der Waals surface area contributed by atoms with E-state index in [9.17, 15) is 5.11 Å². The van der Waals surface area contributed by atoms with Gasteiger partial charge in [-0.2, -0.15) is 0 Å².